The molecule has 2 aromatic heterocycles. The zero-order valence-electron chi connectivity index (χ0n) is 17.2. The summed E-state index contributed by atoms with van der Waals surface area (Å²) in [6, 6.07) is 10.2. The van der Waals surface area contributed by atoms with Gasteiger partial charge >= 0.3 is 0 Å². The van der Waals surface area contributed by atoms with Gasteiger partial charge in [0.05, 0.1) is 10.0 Å². The number of benzene rings is 1. The number of fused-ring (bicyclic) bond motifs is 1. The van der Waals surface area contributed by atoms with Crippen molar-refractivity contribution in [3.8, 4) is 0 Å². The number of carbonyl (C=O) groups is 1. The van der Waals surface area contributed by atoms with Crippen LogP contribution in [-0.4, -0.2) is 41.0 Å². The fourth-order valence-corrected chi connectivity index (χ4v) is 4.37. The Balaban J connectivity index is 1.42. The first-order chi connectivity index (χ1) is 14.3. The first-order valence-corrected chi connectivity index (χ1v) is 10.8. The second-order valence-electron chi connectivity index (χ2n) is 8.12. The maximum atomic E-state index is 12.6. The van der Waals surface area contributed by atoms with Gasteiger partial charge < -0.3 is 19.6 Å². The van der Waals surface area contributed by atoms with Gasteiger partial charge in [0, 0.05) is 34.7 Å². The van der Waals surface area contributed by atoms with Gasteiger partial charge in [-0.25, -0.2) is 0 Å². The van der Waals surface area contributed by atoms with Crippen LogP contribution in [0.2, 0.25) is 10.0 Å². The molecule has 0 spiro atoms. The van der Waals surface area contributed by atoms with E-state index in [9.17, 15) is 4.79 Å². The minimum absolute atomic E-state index is 0.160. The molecule has 0 radical (unpaired) electrons. The first-order valence-electron chi connectivity index (χ1n) is 10.1. The summed E-state index contributed by atoms with van der Waals surface area (Å²) in [4.78, 5) is 18.2. The molecule has 7 heteroatoms. The van der Waals surface area contributed by atoms with Gasteiger partial charge in [-0.05, 0) is 76.2 Å². The lowest BCUT2D eigenvalue weighted by Crippen LogP contribution is -2.51. The molecule has 0 aliphatic carbocycles. The summed E-state index contributed by atoms with van der Waals surface area (Å²) in [6.45, 7) is 4.38. The van der Waals surface area contributed by atoms with Crippen molar-refractivity contribution in [1.29, 1.82) is 0 Å². The number of nitrogens with one attached hydrogen (secondary N) is 2. The number of piperidine rings is 1. The third-order valence-electron chi connectivity index (χ3n) is 5.94. The zero-order chi connectivity index (χ0) is 21.4. The molecule has 1 saturated heterocycles. The van der Waals surface area contributed by atoms with Crippen LogP contribution in [0.4, 0.5) is 0 Å². The van der Waals surface area contributed by atoms with Gasteiger partial charge in [-0.15, -0.1) is 0 Å². The first kappa shape index (κ1) is 21.0. The Bertz CT molecular complexity index is 1050. The van der Waals surface area contributed by atoms with E-state index in [4.69, 9.17) is 27.6 Å². The van der Waals surface area contributed by atoms with Gasteiger partial charge in [0.25, 0.3) is 5.91 Å². The highest BCUT2D eigenvalue weighted by Crippen LogP contribution is 2.28. The zero-order valence-corrected chi connectivity index (χ0v) is 18.7. The fourth-order valence-electron chi connectivity index (χ4n) is 4.04. The topological polar surface area (TPSA) is 61.3 Å². The molecule has 1 aliphatic rings. The van der Waals surface area contributed by atoms with Gasteiger partial charge in [-0.3, -0.25) is 4.79 Å². The highest BCUT2D eigenvalue weighted by atomic mass is 35.5. The van der Waals surface area contributed by atoms with Crippen LogP contribution in [0.5, 0.6) is 0 Å². The maximum Gasteiger partial charge on any atom is 0.287 e. The number of hydrogen-bond acceptors (Lipinski definition) is 3. The monoisotopic (exact) mass is 445 g/mol. The number of hydrogen-bond donors (Lipinski definition) is 2. The Morgan fingerprint density at radius 3 is 2.57 bits per heavy atom. The number of furan rings is 1. The van der Waals surface area contributed by atoms with Crippen molar-refractivity contribution in [3.05, 3.63) is 57.6 Å². The van der Waals surface area contributed by atoms with Crippen molar-refractivity contribution in [3.63, 3.8) is 0 Å². The Hall–Kier alpha value is -2.21. The normalized spacial score (nSPS) is 22.8. The maximum absolute atomic E-state index is 12.6. The molecule has 0 bridgehead atoms. The van der Waals surface area contributed by atoms with E-state index in [2.05, 4.69) is 36.1 Å². The number of aromatic amines is 1. The molecule has 2 unspecified atom stereocenters. The van der Waals surface area contributed by atoms with Crippen molar-refractivity contribution in [2.75, 3.05) is 7.05 Å². The van der Waals surface area contributed by atoms with Crippen LogP contribution >= 0.6 is 23.2 Å². The molecule has 1 aliphatic heterocycles. The molecule has 4 rings (SSSR count). The fraction of sp³-hybridized carbons (Fsp3) is 0.348. The summed E-state index contributed by atoms with van der Waals surface area (Å²) in [6.07, 6.45) is 5.59. The van der Waals surface area contributed by atoms with E-state index < -0.39 is 0 Å². The Kier molecular flexibility index (Phi) is 5.96. The van der Waals surface area contributed by atoms with Crippen molar-refractivity contribution < 1.29 is 9.21 Å². The molecule has 5 nitrogen and oxygen atoms in total. The largest absolute Gasteiger partial charge is 0.452 e. The number of amides is 1. The average Bonchev–Trinajstić information content (AvgIpc) is 3.31. The standard InChI is InChI=1S/C23H25Cl2N3O2/c1-13-8-17(9-14(2)28(13)3)27-23(29)22-7-6-18(30-22)5-4-16-10-15-11-19(24)20(25)12-21(15)26-16/h4-7,10-14,17,26H,8-9H2,1-3H3,(H,27,29)/b5-4-. The smallest absolute Gasteiger partial charge is 0.287 e. The summed E-state index contributed by atoms with van der Waals surface area (Å²) < 4.78 is 5.73. The van der Waals surface area contributed by atoms with Gasteiger partial charge in [0.2, 0.25) is 0 Å². The minimum atomic E-state index is -0.168. The van der Waals surface area contributed by atoms with E-state index in [1.807, 2.05) is 24.3 Å². The molecule has 0 saturated carbocycles. The molecule has 30 heavy (non-hydrogen) atoms. The third-order valence-corrected chi connectivity index (χ3v) is 6.66. The summed E-state index contributed by atoms with van der Waals surface area (Å²) >= 11 is 12.1. The Morgan fingerprint density at radius 2 is 1.83 bits per heavy atom. The van der Waals surface area contributed by atoms with E-state index in [1.54, 1.807) is 18.2 Å². The number of halogens is 2. The number of rotatable bonds is 4. The van der Waals surface area contributed by atoms with Crippen molar-refractivity contribution in [1.82, 2.24) is 15.2 Å². The van der Waals surface area contributed by atoms with E-state index >= 15 is 0 Å². The highest BCUT2D eigenvalue weighted by Gasteiger charge is 2.29. The minimum Gasteiger partial charge on any atom is -0.452 e. The summed E-state index contributed by atoms with van der Waals surface area (Å²) in [5.74, 6) is 0.766. The predicted octanol–water partition coefficient (Wildman–Crippen LogP) is 5.84. The lowest BCUT2D eigenvalue weighted by Gasteiger charge is -2.40. The van der Waals surface area contributed by atoms with Crippen LogP contribution in [0.1, 0.15) is 48.7 Å². The lowest BCUT2D eigenvalue weighted by molar-refractivity contribution is 0.0806. The molecule has 3 aromatic rings. The van der Waals surface area contributed by atoms with Gasteiger partial charge in [0.1, 0.15) is 5.76 Å². The molecule has 3 heterocycles. The second-order valence-corrected chi connectivity index (χ2v) is 8.93. The molecular formula is C23H25Cl2N3O2. The Labute approximate surface area is 186 Å². The summed E-state index contributed by atoms with van der Waals surface area (Å²) in [5, 5.41) is 5.13. The molecule has 1 fully saturated rings. The molecule has 158 valence electrons. The number of likely N-dealkylation sites (tertiary alicyclic amines) is 1. The number of aromatic nitrogens is 1. The third kappa shape index (κ3) is 4.43. The highest BCUT2D eigenvalue weighted by molar-refractivity contribution is 6.42. The van der Waals surface area contributed by atoms with Gasteiger partial charge in [0.15, 0.2) is 5.76 Å². The van der Waals surface area contributed by atoms with Crippen LogP contribution in [0, 0.1) is 0 Å². The number of carbonyl (C=O) groups excluding carboxylic acids is 1. The molecule has 2 atom stereocenters. The Morgan fingerprint density at radius 1 is 1.13 bits per heavy atom. The van der Waals surface area contributed by atoms with Crippen molar-refractivity contribution in [2.45, 2.75) is 44.8 Å². The van der Waals surface area contributed by atoms with E-state index in [0.717, 1.165) is 29.4 Å². The second kappa shape index (κ2) is 8.50. The van der Waals surface area contributed by atoms with Crippen LogP contribution in [0.3, 0.4) is 0 Å². The molecule has 2 N–H and O–H groups in total. The lowest BCUT2D eigenvalue weighted by atomic mass is 9.93. The van der Waals surface area contributed by atoms with Gasteiger partial charge in [-0.1, -0.05) is 23.2 Å². The SMILES string of the molecule is CC1CC(NC(=O)c2ccc(/C=C\c3cc4cc(Cl)c(Cl)cc4[nH]3)o2)CC(C)N1C. The van der Waals surface area contributed by atoms with Crippen molar-refractivity contribution in [2.24, 2.45) is 0 Å². The molecular weight excluding hydrogens is 421 g/mol. The van der Waals surface area contributed by atoms with Crippen LogP contribution in [-0.2, 0) is 0 Å². The summed E-state index contributed by atoms with van der Waals surface area (Å²) in [7, 11) is 2.13. The van der Waals surface area contributed by atoms with Crippen LogP contribution < -0.4 is 5.32 Å². The predicted molar refractivity (Wildman–Crippen MR) is 123 cm³/mol. The molecule has 1 aromatic carbocycles. The van der Waals surface area contributed by atoms with E-state index in [0.29, 0.717) is 33.6 Å². The van der Waals surface area contributed by atoms with E-state index in [1.165, 1.54) is 0 Å². The van der Waals surface area contributed by atoms with Gasteiger partial charge in [-0.2, -0.15) is 0 Å². The quantitative estimate of drug-likeness (QED) is 0.530. The van der Waals surface area contributed by atoms with Crippen LogP contribution in [0.15, 0.2) is 34.7 Å². The van der Waals surface area contributed by atoms with Crippen LogP contribution in [0.25, 0.3) is 23.1 Å². The summed E-state index contributed by atoms with van der Waals surface area (Å²) in [5.41, 5.74) is 1.80. The number of H-pyrrole nitrogens is 1. The van der Waals surface area contributed by atoms with E-state index in [-0.39, 0.29) is 11.9 Å². The van der Waals surface area contributed by atoms with Crippen molar-refractivity contribution >= 4 is 52.2 Å². The molecule has 1 amide bonds. The average molecular weight is 446 g/mol. The number of nitrogens with zero attached hydrogens (tertiary/aromatic N) is 1.